The van der Waals surface area contributed by atoms with Gasteiger partial charge in [0.1, 0.15) is 0 Å². The number of carboxylic acids is 1. The SMILES string of the molecule is COC(=O)c1sc(-c2cccc(NC3CCN(S(=O)(=O)Cc4ccc(Cl)c(Cl)c4)CC3)c2)c(Br)c1OCC(=O)O. The van der Waals surface area contributed by atoms with Crippen LogP contribution >= 0.6 is 50.5 Å². The number of thiophene rings is 1. The van der Waals surface area contributed by atoms with E-state index < -0.39 is 28.6 Å². The molecule has 0 saturated carbocycles. The van der Waals surface area contributed by atoms with Gasteiger partial charge in [-0.15, -0.1) is 11.3 Å². The highest BCUT2D eigenvalue weighted by molar-refractivity contribution is 9.10. The third-order valence-electron chi connectivity index (χ3n) is 6.20. The van der Waals surface area contributed by atoms with E-state index in [-0.39, 0.29) is 22.4 Å². The zero-order valence-corrected chi connectivity index (χ0v) is 25.9. The van der Waals surface area contributed by atoms with Crippen LogP contribution in [0.15, 0.2) is 46.9 Å². The molecule has 9 nitrogen and oxygen atoms in total. The molecule has 14 heteroatoms. The first kappa shape index (κ1) is 30.6. The zero-order valence-electron chi connectivity index (χ0n) is 21.2. The number of carbonyl (C=O) groups excluding carboxylic acids is 1. The Kier molecular flexibility index (Phi) is 10.0. The standard InChI is InChI=1S/C26H25BrCl2N2O7S2/c1-37-26(34)25-23(38-13-21(32)33)22(27)24(39-25)16-3-2-4-18(12-16)30-17-7-9-31(10-8-17)40(35,36)14-15-5-6-19(28)20(29)11-15/h2-6,11-12,17,30H,7-10,13-14H2,1H3,(H,32,33). The summed E-state index contributed by atoms with van der Waals surface area (Å²) in [6.45, 7) is 0.150. The van der Waals surface area contributed by atoms with Crippen LogP contribution in [0.1, 0.15) is 28.1 Å². The lowest BCUT2D eigenvalue weighted by Gasteiger charge is -2.32. The molecule has 0 amide bonds. The Balaban J connectivity index is 1.43. The molecule has 1 aliphatic rings. The number of benzene rings is 2. The van der Waals surface area contributed by atoms with Gasteiger partial charge >= 0.3 is 11.9 Å². The minimum absolute atomic E-state index is 0.0542. The fourth-order valence-corrected chi connectivity index (χ4v) is 8.11. The number of nitrogens with zero attached hydrogens (tertiary/aromatic N) is 1. The number of sulfonamides is 1. The summed E-state index contributed by atoms with van der Waals surface area (Å²) in [5.74, 6) is -1.84. The Morgan fingerprint density at radius 3 is 2.52 bits per heavy atom. The van der Waals surface area contributed by atoms with Gasteiger partial charge in [0.15, 0.2) is 17.2 Å². The first-order chi connectivity index (χ1) is 19.0. The monoisotopic (exact) mass is 690 g/mol. The Bertz CT molecular complexity index is 1520. The second-order valence-electron chi connectivity index (χ2n) is 8.98. The Morgan fingerprint density at radius 2 is 1.88 bits per heavy atom. The molecule has 1 saturated heterocycles. The van der Waals surface area contributed by atoms with Gasteiger partial charge in [0, 0.05) is 24.8 Å². The number of piperidine rings is 1. The summed E-state index contributed by atoms with van der Waals surface area (Å²) in [5, 5.41) is 13.2. The molecule has 2 N–H and O–H groups in total. The van der Waals surface area contributed by atoms with E-state index in [1.165, 1.54) is 11.4 Å². The maximum Gasteiger partial charge on any atom is 0.351 e. The maximum atomic E-state index is 13.0. The van der Waals surface area contributed by atoms with E-state index in [1.54, 1.807) is 18.2 Å². The van der Waals surface area contributed by atoms with E-state index in [0.29, 0.717) is 50.9 Å². The molecule has 1 aromatic heterocycles. The van der Waals surface area contributed by atoms with Crippen molar-refractivity contribution in [2.45, 2.75) is 24.6 Å². The lowest BCUT2D eigenvalue weighted by molar-refractivity contribution is -0.139. The Morgan fingerprint density at radius 1 is 1.15 bits per heavy atom. The van der Waals surface area contributed by atoms with E-state index in [9.17, 15) is 18.0 Å². The highest BCUT2D eigenvalue weighted by Crippen LogP contribution is 2.46. The summed E-state index contributed by atoms with van der Waals surface area (Å²) in [7, 11) is -2.28. The number of hydrogen-bond acceptors (Lipinski definition) is 8. The predicted octanol–water partition coefficient (Wildman–Crippen LogP) is 6.14. The van der Waals surface area contributed by atoms with Crippen molar-refractivity contribution in [1.29, 1.82) is 0 Å². The van der Waals surface area contributed by atoms with Gasteiger partial charge in [-0.05, 0) is 64.2 Å². The number of carbonyl (C=O) groups is 2. The summed E-state index contributed by atoms with van der Waals surface area (Å²) in [6.07, 6.45) is 1.24. The number of hydrogen-bond donors (Lipinski definition) is 2. The van der Waals surface area contributed by atoms with Crippen molar-refractivity contribution in [2.75, 3.05) is 32.1 Å². The van der Waals surface area contributed by atoms with E-state index in [4.69, 9.17) is 37.8 Å². The highest BCUT2D eigenvalue weighted by Gasteiger charge is 2.29. The molecule has 0 bridgehead atoms. The molecule has 0 atom stereocenters. The maximum absolute atomic E-state index is 13.0. The number of ether oxygens (including phenoxy) is 2. The normalized spacial score (nSPS) is 14.6. The molecule has 0 spiro atoms. The second kappa shape index (κ2) is 13.1. The Labute approximate surface area is 254 Å². The summed E-state index contributed by atoms with van der Waals surface area (Å²) in [6, 6.07) is 12.4. The molecule has 0 aliphatic carbocycles. The van der Waals surface area contributed by atoms with Crippen molar-refractivity contribution in [3.63, 3.8) is 0 Å². The molecule has 0 unspecified atom stereocenters. The summed E-state index contributed by atoms with van der Waals surface area (Å²) in [5.41, 5.74) is 2.18. The fraction of sp³-hybridized carbons (Fsp3) is 0.308. The van der Waals surface area contributed by atoms with Gasteiger partial charge in [-0.1, -0.05) is 41.4 Å². The third-order valence-corrected chi connectivity index (χ3v) is 11.0. The van der Waals surface area contributed by atoms with E-state index in [1.807, 2.05) is 24.3 Å². The Hall–Kier alpha value is -2.35. The zero-order chi connectivity index (χ0) is 29.0. The first-order valence-corrected chi connectivity index (χ1v) is 16.0. The van der Waals surface area contributed by atoms with Crippen LogP contribution < -0.4 is 10.1 Å². The van der Waals surface area contributed by atoms with E-state index >= 15 is 0 Å². The van der Waals surface area contributed by atoms with Crippen molar-refractivity contribution >= 4 is 78.1 Å². The molecular weight excluding hydrogens is 667 g/mol. The average Bonchev–Trinajstić information content (AvgIpc) is 3.25. The molecule has 2 heterocycles. The molecule has 40 heavy (non-hydrogen) atoms. The number of rotatable bonds is 10. The quantitative estimate of drug-likeness (QED) is 0.243. The first-order valence-electron chi connectivity index (χ1n) is 12.0. The van der Waals surface area contributed by atoms with Gasteiger partial charge in [-0.3, -0.25) is 0 Å². The van der Waals surface area contributed by atoms with Crippen LogP contribution in [-0.4, -0.2) is 62.6 Å². The van der Waals surface area contributed by atoms with Crippen LogP contribution in [0.25, 0.3) is 10.4 Å². The number of esters is 1. The second-order valence-corrected chi connectivity index (χ2v) is 13.6. The lowest BCUT2D eigenvalue weighted by Crippen LogP contribution is -2.42. The molecule has 2 aromatic carbocycles. The molecule has 3 aromatic rings. The van der Waals surface area contributed by atoms with E-state index in [2.05, 4.69) is 21.2 Å². The molecule has 0 radical (unpaired) electrons. The van der Waals surface area contributed by atoms with Crippen molar-refractivity contribution in [2.24, 2.45) is 0 Å². The topological polar surface area (TPSA) is 122 Å². The molecule has 1 aliphatic heterocycles. The van der Waals surface area contributed by atoms with Gasteiger partial charge in [-0.25, -0.2) is 22.3 Å². The lowest BCUT2D eigenvalue weighted by atomic mass is 10.1. The third kappa shape index (κ3) is 7.29. The van der Waals surface area contributed by atoms with Gasteiger partial charge in [0.05, 0.1) is 32.3 Å². The number of nitrogens with one attached hydrogen (secondary N) is 1. The smallest absolute Gasteiger partial charge is 0.351 e. The molecular formula is C26H25BrCl2N2O7S2. The van der Waals surface area contributed by atoms with Gasteiger partial charge in [0.25, 0.3) is 0 Å². The van der Waals surface area contributed by atoms with Gasteiger partial charge in [-0.2, -0.15) is 0 Å². The van der Waals surface area contributed by atoms with Crippen molar-refractivity contribution in [1.82, 2.24) is 4.31 Å². The van der Waals surface area contributed by atoms with Crippen LogP contribution in [-0.2, 0) is 25.3 Å². The molecule has 214 valence electrons. The minimum Gasteiger partial charge on any atom is -0.479 e. The minimum atomic E-state index is -3.52. The summed E-state index contributed by atoms with van der Waals surface area (Å²) < 4.78 is 38.1. The van der Waals surface area contributed by atoms with Crippen LogP contribution in [0.3, 0.4) is 0 Å². The summed E-state index contributed by atoms with van der Waals surface area (Å²) >= 11 is 16.6. The number of carboxylic acid groups (broad SMARTS) is 1. The van der Waals surface area contributed by atoms with Crippen molar-refractivity contribution < 1.29 is 32.6 Å². The molecule has 1 fully saturated rings. The van der Waals surface area contributed by atoms with Crippen LogP contribution in [0.4, 0.5) is 5.69 Å². The van der Waals surface area contributed by atoms with Gasteiger partial charge in [0.2, 0.25) is 10.0 Å². The van der Waals surface area contributed by atoms with Crippen LogP contribution in [0, 0.1) is 0 Å². The van der Waals surface area contributed by atoms with Crippen molar-refractivity contribution in [3.05, 3.63) is 67.4 Å². The fourth-order valence-electron chi connectivity index (χ4n) is 4.27. The largest absolute Gasteiger partial charge is 0.479 e. The average molecular weight is 692 g/mol. The van der Waals surface area contributed by atoms with Crippen molar-refractivity contribution in [3.8, 4) is 16.2 Å². The molecule has 4 rings (SSSR count). The number of aliphatic carboxylic acids is 1. The van der Waals surface area contributed by atoms with Gasteiger partial charge < -0.3 is 19.9 Å². The van der Waals surface area contributed by atoms with Crippen LogP contribution in [0.5, 0.6) is 5.75 Å². The number of halogens is 3. The number of anilines is 1. The highest BCUT2D eigenvalue weighted by atomic mass is 79.9. The number of methoxy groups -OCH3 is 1. The summed E-state index contributed by atoms with van der Waals surface area (Å²) in [4.78, 5) is 24.1. The predicted molar refractivity (Wildman–Crippen MR) is 159 cm³/mol. The van der Waals surface area contributed by atoms with E-state index in [0.717, 1.165) is 22.6 Å². The van der Waals surface area contributed by atoms with Crippen LogP contribution in [0.2, 0.25) is 10.0 Å².